The van der Waals surface area contributed by atoms with Gasteiger partial charge in [-0.1, -0.05) is 41.9 Å². The molecule has 2 rings (SSSR count). The Morgan fingerprint density at radius 1 is 1.32 bits per heavy atom. The molecule has 1 fully saturated rings. The second-order valence-electron chi connectivity index (χ2n) is 5.35. The third-order valence-electron chi connectivity index (χ3n) is 3.33. The minimum absolute atomic E-state index is 0.520. The van der Waals surface area contributed by atoms with Gasteiger partial charge in [0.05, 0.1) is 13.2 Å². The van der Waals surface area contributed by atoms with E-state index in [4.69, 9.17) is 4.74 Å². The highest BCUT2D eigenvalue weighted by Gasteiger charge is 2.12. The van der Waals surface area contributed by atoms with Crippen molar-refractivity contribution in [3.05, 3.63) is 33.8 Å². The summed E-state index contributed by atoms with van der Waals surface area (Å²) in [5.41, 5.74) is 2.68. The Kier molecular flexibility index (Phi) is 5.82. The molecule has 0 saturated carbocycles. The van der Waals surface area contributed by atoms with E-state index in [1.54, 1.807) is 0 Å². The highest BCUT2D eigenvalue weighted by molar-refractivity contribution is 9.10. The van der Waals surface area contributed by atoms with Gasteiger partial charge in [0.1, 0.15) is 0 Å². The van der Waals surface area contributed by atoms with Crippen LogP contribution in [0.1, 0.15) is 25.0 Å². The lowest BCUT2D eigenvalue weighted by Crippen LogP contribution is -2.35. The number of nitrogens with one attached hydrogen (secondary N) is 1. The number of benzene rings is 1. The molecule has 0 aromatic heterocycles. The van der Waals surface area contributed by atoms with Crippen LogP contribution >= 0.6 is 15.9 Å². The van der Waals surface area contributed by atoms with Crippen molar-refractivity contribution in [2.24, 2.45) is 0 Å². The van der Waals surface area contributed by atoms with Gasteiger partial charge in [0.2, 0.25) is 0 Å². The third-order valence-corrected chi connectivity index (χ3v) is 4.07. The lowest BCUT2D eigenvalue weighted by Gasteiger charge is -2.27. The van der Waals surface area contributed by atoms with Crippen molar-refractivity contribution in [3.63, 3.8) is 0 Å². The Bertz CT molecular complexity index is 403. The quantitative estimate of drug-likeness (QED) is 0.900. The van der Waals surface area contributed by atoms with Crippen molar-refractivity contribution in [1.82, 2.24) is 10.2 Å². The van der Waals surface area contributed by atoms with Crippen LogP contribution in [-0.2, 0) is 17.8 Å². The summed E-state index contributed by atoms with van der Waals surface area (Å²) in [5.74, 6) is 0. The largest absolute Gasteiger partial charge is 0.379 e. The molecule has 3 nitrogen and oxygen atoms in total. The molecular weight excluding hydrogens is 304 g/mol. The second-order valence-corrected chi connectivity index (χ2v) is 6.20. The van der Waals surface area contributed by atoms with Gasteiger partial charge in [-0.25, -0.2) is 0 Å². The molecule has 0 aliphatic carbocycles. The molecule has 0 atom stereocenters. The molecule has 0 unspecified atom stereocenters. The molecule has 4 heteroatoms. The number of ether oxygens (including phenoxy) is 1. The number of hydrogen-bond donors (Lipinski definition) is 1. The molecular formula is C15H23BrN2O. The lowest BCUT2D eigenvalue weighted by molar-refractivity contribution is 0.0341. The summed E-state index contributed by atoms with van der Waals surface area (Å²) in [4.78, 5) is 2.44. The molecule has 1 aromatic rings. The number of rotatable bonds is 5. The second kappa shape index (κ2) is 7.39. The minimum Gasteiger partial charge on any atom is -0.379 e. The number of halogens is 1. The van der Waals surface area contributed by atoms with E-state index in [1.807, 2.05) is 0 Å². The average molecular weight is 327 g/mol. The van der Waals surface area contributed by atoms with Crippen molar-refractivity contribution in [1.29, 1.82) is 0 Å². The first-order chi connectivity index (χ1) is 9.15. The van der Waals surface area contributed by atoms with E-state index >= 15 is 0 Å². The summed E-state index contributed by atoms with van der Waals surface area (Å²) < 4.78 is 6.59. The van der Waals surface area contributed by atoms with E-state index in [0.29, 0.717) is 6.04 Å². The molecule has 0 spiro atoms. The topological polar surface area (TPSA) is 24.5 Å². The van der Waals surface area contributed by atoms with E-state index in [2.05, 4.69) is 58.2 Å². The Labute approximate surface area is 124 Å². The fourth-order valence-corrected chi connectivity index (χ4v) is 2.70. The van der Waals surface area contributed by atoms with Crippen LogP contribution in [0.5, 0.6) is 0 Å². The molecule has 0 radical (unpaired) electrons. The fourth-order valence-electron chi connectivity index (χ4n) is 2.15. The van der Waals surface area contributed by atoms with Gasteiger partial charge >= 0.3 is 0 Å². The first-order valence-electron chi connectivity index (χ1n) is 6.96. The maximum Gasteiger partial charge on any atom is 0.0594 e. The number of morpholine rings is 1. The molecule has 1 aliphatic rings. The predicted molar refractivity (Wildman–Crippen MR) is 82.2 cm³/mol. The third kappa shape index (κ3) is 4.88. The molecule has 0 bridgehead atoms. The van der Waals surface area contributed by atoms with Crippen LogP contribution in [0.25, 0.3) is 0 Å². The standard InChI is InChI=1S/C15H23BrN2O/c1-12(2)17-10-13-3-4-14(15(16)9-13)11-18-5-7-19-8-6-18/h3-4,9,12,17H,5-8,10-11H2,1-2H3. The highest BCUT2D eigenvalue weighted by atomic mass is 79.9. The molecule has 106 valence electrons. The fraction of sp³-hybridized carbons (Fsp3) is 0.600. The smallest absolute Gasteiger partial charge is 0.0594 e. The SMILES string of the molecule is CC(C)NCc1ccc(CN2CCOCC2)c(Br)c1. The first-order valence-corrected chi connectivity index (χ1v) is 7.75. The van der Waals surface area contributed by atoms with Crippen molar-refractivity contribution >= 4 is 15.9 Å². The van der Waals surface area contributed by atoms with Crippen molar-refractivity contribution in [2.45, 2.75) is 33.0 Å². The van der Waals surface area contributed by atoms with Gasteiger partial charge in [0.15, 0.2) is 0 Å². The van der Waals surface area contributed by atoms with Crippen molar-refractivity contribution in [2.75, 3.05) is 26.3 Å². The Morgan fingerprint density at radius 2 is 2.05 bits per heavy atom. The monoisotopic (exact) mass is 326 g/mol. The molecule has 1 heterocycles. The van der Waals surface area contributed by atoms with Crippen molar-refractivity contribution < 1.29 is 4.74 Å². The average Bonchev–Trinajstić information content (AvgIpc) is 2.40. The van der Waals surface area contributed by atoms with E-state index in [1.165, 1.54) is 15.6 Å². The molecule has 1 N–H and O–H groups in total. The summed E-state index contributed by atoms with van der Waals surface area (Å²) in [7, 11) is 0. The number of hydrogen-bond acceptors (Lipinski definition) is 3. The van der Waals surface area contributed by atoms with Crippen LogP contribution in [0.2, 0.25) is 0 Å². The molecule has 1 aliphatic heterocycles. The van der Waals surface area contributed by atoms with E-state index < -0.39 is 0 Å². The first kappa shape index (κ1) is 15.0. The van der Waals surface area contributed by atoms with Gasteiger partial charge in [-0.05, 0) is 17.2 Å². The summed E-state index contributed by atoms with van der Waals surface area (Å²) in [5, 5.41) is 3.44. The van der Waals surface area contributed by atoms with Gasteiger partial charge in [-0.2, -0.15) is 0 Å². The highest BCUT2D eigenvalue weighted by Crippen LogP contribution is 2.21. The zero-order chi connectivity index (χ0) is 13.7. The lowest BCUT2D eigenvalue weighted by atomic mass is 10.1. The van der Waals surface area contributed by atoms with Crippen LogP contribution in [0.4, 0.5) is 0 Å². The Morgan fingerprint density at radius 3 is 2.68 bits per heavy atom. The van der Waals surface area contributed by atoms with Crippen LogP contribution in [0.15, 0.2) is 22.7 Å². The van der Waals surface area contributed by atoms with Crippen molar-refractivity contribution in [3.8, 4) is 0 Å². The molecule has 1 saturated heterocycles. The molecule has 19 heavy (non-hydrogen) atoms. The van der Waals surface area contributed by atoms with Gasteiger partial charge in [0.25, 0.3) is 0 Å². The Hall–Kier alpha value is -0.420. The van der Waals surface area contributed by atoms with Crippen LogP contribution in [0, 0.1) is 0 Å². The van der Waals surface area contributed by atoms with Crippen LogP contribution in [0.3, 0.4) is 0 Å². The van der Waals surface area contributed by atoms with E-state index in [0.717, 1.165) is 39.4 Å². The summed E-state index contributed by atoms with van der Waals surface area (Å²) in [6, 6.07) is 7.20. The van der Waals surface area contributed by atoms with Crippen LogP contribution in [-0.4, -0.2) is 37.2 Å². The molecule has 0 amide bonds. The normalized spacial score (nSPS) is 17.1. The predicted octanol–water partition coefficient (Wildman–Crippen LogP) is 2.78. The maximum atomic E-state index is 5.38. The maximum absolute atomic E-state index is 5.38. The Balaban J connectivity index is 1.94. The van der Waals surface area contributed by atoms with Gasteiger partial charge in [-0.3, -0.25) is 4.90 Å². The van der Waals surface area contributed by atoms with E-state index in [-0.39, 0.29) is 0 Å². The number of nitrogens with zero attached hydrogens (tertiary/aromatic N) is 1. The minimum atomic E-state index is 0.520. The molecule has 1 aromatic carbocycles. The van der Waals surface area contributed by atoms with E-state index in [9.17, 15) is 0 Å². The van der Waals surface area contributed by atoms with Gasteiger partial charge < -0.3 is 10.1 Å². The zero-order valence-electron chi connectivity index (χ0n) is 11.8. The van der Waals surface area contributed by atoms with Gasteiger partial charge in [0, 0.05) is 36.7 Å². The summed E-state index contributed by atoms with van der Waals surface area (Å²) in [6.07, 6.45) is 0. The van der Waals surface area contributed by atoms with Crippen LogP contribution < -0.4 is 5.32 Å². The summed E-state index contributed by atoms with van der Waals surface area (Å²) in [6.45, 7) is 10.0. The zero-order valence-corrected chi connectivity index (χ0v) is 13.4. The van der Waals surface area contributed by atoms with Gasteiger partial charge in [-0.15, -0.1) is 0 Å². The summed E-state index contributed by atoms with van der Waals surface area (Å²) >= 11 is 3.70.